The van der Waals surface area contributed by atoms with Crippen LogP contribution in [0.25, 0.3) is 0 Å². The Bertz CT molecular complexity index is 379. The Balaban J connectivity index is 0.00000120. The monoisotopic (exact) mass is 286 g/mol. The first-order chi connectivity index (χ1) is 8.28. The van der Waals surface area contributed by atoms with E-state index >= 15 is 0 Å². The van der Waals surface area contributed by atoms with Crippen LogP contribution >= 0.6 is 23.7 Å². The van der Waals surface area contributed by atoms with E-state index in [1.165, 1.54) is 55.6 Å². The highest BCUT2D eigenvalue weighted by Crippen LogP contribution is 2.40. The van der Waals surface area contributed by atoms with Crippen LogP contribution in [0.15, 0.2) is 5.38 Å². The molecule has 2 aliphatic carbocycles. The topological polar surface area (TPSA) is 38.9 Å². The van der Waals surface area contributed by atoms with Crippen molar-refractivity contribution in [3.63, 3.8) is 0 Å². The molecule has 4 heteroatoms. The zero-order chi connectivity index (χ0) is 11.7. The molecule has 102 valence electrons. The first kappa shape index (κ1) is 14.3. The first-order valence-corrected chi connectivity index (χ1v) is 7.91. The molecular weight excluding hydrogens is 264 g/mol. The van der Waals surface area contributed by atoms with Crippen molar-refractivity contribution in [2.75, 3.05) is 0 Å². The molecule has 0 aliphatic heterocycles. The molecule has 2 aliphatic rings. The number of nitrogens with two attached hydrogens (primary N) is 1. The number of thiazole rings is 1. The number of aromatic nitrogens is 1. The SMILES string of the molecule is Cl.NC1(c2nc(C3CCCCC3)cs2)CCCC1. The van der Waals surface area contributed by atoms with Crippen molar-refractivity contribution in [2.45, 2.75) is 69.2 Å². The van der Waals surface area contributed by atoms with Gasteiger partial charge in [0, 0.05) is 11.3 Å². The number of nitrogens with zero attached hydrogens (tertiary/aromatic N) is 1. The molecule has 18 heavy (non-hydrogen) atoms. The van der Waals surface area contributed by atoms with Gasteiger partial charge in [0.1, 0.15) is 5.01 Å². The van der Waals surface area contributed by atoms with Crippen molar-refractivity contribution in [3.05, 3.63) is 16.1 Å². The molecule has 0 atom stereocenters. The fourth-order valence-corrected chi connectivity index (χ4v) is 4.39. The Morgan fingerprint density at radius 1 is 1.11 bits per heavy atom. The summed E-state index contributed by atoms with van der Waals surface area (Å²) in [6.45, 7) is 0. The van der Waals surface area contributed by atoms with Crippen molar-refractivity contribution in [1.29, 1.82) is 0 Å². The molecule has 0 bridgehead atoms. The highest BCUT2D eigenvalue weighted by atomic mass is 35.5. The standard InChI is InChI=1S/C14H22N2S.ClH/c15-14(8-4-5-9-14)13-16-12(10-17-13)11-6-2-1-3-7-11;/h10-11H,1-9,15H2;1H. The summed E-state index contributed by atoms with van der Waals surface area (Å²) in [5, 5.41) is 3.48. The van der Waals surface area contributed by atoms with Crippen LogP contribution in [0, 0.1) is 0 Å². The molecule has 0 radical (unpaired) electrons. The van der Waals surface area contributed by atoms with Crippen molar-refractivity contribution in [1.82, 2.24) is 4.98 Å². The lowest BCUT2D eigenvalue weighted by molar-refractivity contribution is 0.428. The molecule has 0 spiro atoms. The van der Waals surface area contributed by atoms with Crippen LogP contribution in [0.2, 0.25) is 0 Å². The summed E-state index contributed by atoms with van der Waals surface area (Å²) in [6, 6.07) is 0. The van der Waals surface area contributed by atoms with E-state index in [9.17, 15) is 0 Å². The molecule has 1 heterocycles. The van der Waals surface area contributed by atoms with E-state index in [2.05, 4.69) is 5.38 Å². The molecule has 0 unspecified atom stereocenters. The Labute approximate surface area is 120 Å². The van der Waals surface area contributed by atoms with E-state index in [4.69, 9.17) is 10.7 Å². The lowest BCUT2D eigenvalue weighted by atomic mass is 9.87. The zero-order valence-electron chi connectivity index (χ0n) is 10.9. The molecule has 2 saturated carbocycles. The maximum Gasteiger partial charge on any atom is 0.113 e. The molecule has 0 amide bonds. The van der Waals surface area contributed by atoms with Gasteiger partial charge in [0.2, 0.25) is 0 Å². The van der Waals surface area contributed by atoms with E-state index in [-0.39, 0.29) is 17.9 Å². The first-order valence-electron chi connectivity index (χ1n) is 7.03. The van der Waals surface area contributed by atoms with Gasteiger partial charge >= 0.3 is 0 Å². The molecular formula is C14H23ClN2S. The third-order valence-electron chi connectivity index (χ3n) is 4.47. The largest absolute Gasteiger partial charge is 0.319 e. The smallest absolute Gasteiger partial charge is 0.113 e. The van der Waals surface area contributed by atoms with Gasteiger partial charge < -0.3 is 5.73 Å². The fraction of sp³-hybridized carbons (Fsp3) is 0.786. The lowest BCUT2D eigenvalue weighted by Gasteiger charge is -2.21. The Hall–Kier alpha value is -0.120. The summed E-state index contributed by atoms with van der Waals surface area (Å²) < 4.78 is 0. The van der Waals surface area contributed by atoms with E-state index in [1.54, 1.807) is 11.3 Å². The molecule has 0 saturated heterocycles. The Morgan fingerprint density at radius 3 is 2.44 bits per heavy atom. The van der Waals surface area contributed by atoms with Crippen molar-refractivity contribution in [2.24, 2.45) is 5.73 Å². The minimum atomic E-state index is -0.0857. The van der Waals surface area contributed by atoms with Crippen molar-refractivity contribution >= 4 is 23.7 Å². The quantitative estimate of drug-likeness (QED) is 0.878. The maximum absolute atomic E-state index is 6.47. The van der Waals surface area contributed by atoms with E-state index in [0.717, 1.165) is 18.8 Å². The summed E-state index contributed by atoms with van der Waals surface area (Å²) in [5.74, 6) is 0.721. The molecule has 3 rings (SSSR count). The normalized spacial score (nSPS) is 23.8. The fourth-order valence-electron chi connectivity index (χ4n) is 3.32. The summed E-state index contributed by atoms with van der Waals surface area (Å²) in [5.41, 5.74) is 7.72. The van der Waals surface area contributed by atoms with Crippen LogP contribution in [0.1, 0.15) is 74.4 Å². The summed E-state index contributed by atoms with van der Waals surface area (Å²) in [4.78, 5) is 4.88. The van der Waals surface area contributed by atoms with Crippen LogP contribution in [0.3, 0.4) is 0 Å². The average Bonchev–Trinajstić information content (AvgIpc) is 2.99. The van der Waals surface area contributed by atoms with Gasteiger partial charge in [-0.2, -0.15) is 0 Å². The van der Waals surface area contributed by atoms with Crippen LogP contribution in [-0.2, 0) is 5.54 Å². The van der Waals surface area contributed by atoms with E-state index in [0.29, 0.717) is 0 Å². The number of hydrogen-bond acceptors (Lipinski definition) is 3. The van der Waals surface area contributed by atoms with Gasteiger partial charge in [0.25, 0.3) is 0 Å². The molecule has 2 N–H and O–H groups in total. The van der Waals surface area contributed by atoms with Gasteiger partial charge in [-0.1, -0.05) is 32.1 Å². The third kappa shape index (κ3) is 2.73. The summed E-state index contributed by atoms with van der Waals surface area (Å²) >= 11 is 1.80. The van der Waals surface area contributed by atoms with Gasteiger partial charge in [0.15, 0.2) is 0 Å². The van der Waals surface area contributed by atoms with E-state index < -0.39 is 0 Å². The lowest BCUT2D eigenvalue weighted by Crippen LogP contribution is -2.33. The van der Waals surface area contributed by atoms with Crippen LogP contribution in [-0.4, -0.2) is 4.98 Å². The Kier molecular flexibility index (Phi) is 4.68. The Morgan fingerprint density at radius 2 is 1.78 bits per heavy atom. The molecule has 0 aromatic carbocycles. The van der Waals surface area contributed by atoms with Gasteiger partial charge in [0.05, 0.1) is 11.2 Å². The van der Waals surface area contributed by atoms with E-state index in [1.807, 2.05) is 0 Å². The van der Waals surface area contributed by atoms with Crippen LogP contribution in [0.5, 0.6) is 0 Å². The highest BCUT2D eigenvalue weighted by molar-refractivity contribution is 7.09. The summed E-state index contributed by atoms with van der Waals surface area (Å²) in [7, 11) is 0. The van der Waals surface area contributed by atoms with Crippen LogP contribution in [0.4, 0.5) is 0 Å². The number of halogens is 1. The van der Waals surface area contributed by atoms with Gasteiger partial charge in [-0.05, 0) is 25.7 Å². The molecule has 1 aromatic heterocycles. The average molecular weight is 287 g/mol. The second-order valence-corrected chi connectivity index (χ2v) is 6.63. The highest BCUT2D eigenvalue weighted by Gasteiger charge is 2.34. The zero-order valence-corrected chi connectivity index (χ0v) is 12.5. The van der Waals surface area contributed by atoms with Gasteiger partial charge in [-0.3, -0.25) is 0 Å². The van der Waals surface area contributed by atoms with Gasteiger partial charge in [-0.25, -0.2) is 4.98 Å². The minimum absolute atomic E-state index is 0. The predicted molar refractivity (Wildman–Crippen MR) is 79.5 cm³/mol. The van der Waals surface area contributed by atoms with Crippen molar-refractivity contribution in [3.8, 4) is 0 Å². The molecule has 2 fully saturated rings. The van der Waals surface area contributed by atoms with Gasteiger partial charge in [-0.15, -0.1) is 23.7 Å². The van der Waals surface area contributed by atoms with Crippen molar-refractivity contribution < 1.29 is 0 Å². The molecule has 1 aromatic rings. The molecule has 2 nitrogen and oxygen atoms in total. The second kappa shape index (κ2) is 5.89. The predicted octanol–water partition coefficient (Wildman–Crippen LogP) is 4.34. The maximum atomic E-state index is 6.47. The second-order valence-electron chi connectivity index (χ2n) is 5.78. The van der Waals surface area contributed by atoms with Crippen LogP contribution < -0.4 is 5.73 Å². The number of rotatable bonds is 2. The number of hydrogen-bond donors (Lipinski definition) is 1. The summed E-state index contributed by atoms with van der Waals surface area (Å²) in [6.07, 6.45) is 11.6. The minimum Gasteiger partial charge on any atom is -0.319 e. The third-order valence-corrected chi connectivity index (χ3v) is 5.55.